The summed E-state index contributed by atoms with van der Waals surface area (Å²) in [5, 5.41) is 0. The second kappa shape index (κ2) is 4.10. The highest BCUT2D eigenvalue weighted by Crippen LogP contribution is 2.26. The lowest BCUT2D eigenvalue weighted by Crippen LogP contribution is -2.78. The smallest absolute Gasteiger partial charge is 0.332 e. The van der Waals surface area contributed by atoms with Gasteiger partial charge < -0.3 is 16.2 Å². The molecule has 0 aliphatic heterocycles. The van der Waals surface area contributed by atoms with E-state index in [9.17, 15) is 4.79 Å². The number of quaternary nitrogens is 1. The summed E-state index contributed by atoms with van der Waals surface area (Å²) in [6.07, 6.45) is 3.70. The van der Waals surface area contributed by atoms with E-state index in [2.05, 4.69) is 5.73 Å². The Hall–Kier alpha value is -0.610. The summed E-state index contributed by atoms with van der Waals surface area (Å²) in [6, 6.07) is -0.0268. The molecule has 0 bridgehead atoms. The van der Waals surface area contributed by atoms with E-state index >= 15 is 0 Å². The molecule has 1 aliphatic carbocycles. The normalized spacial score (nSPS) is 32.5. The highest BCUT2D eigenvalue weighted by Gasteiger charge is 2.47. The first-order valence-corrected chi connectivity index (χ1v) is 5.61. The van der Waals surface area contributed by atoms with Crippen LogP contribution in [0, 0.1) is 0 Å². The Morgan fingerprint density at radius 1 is 1.47 bits per heavy atom. The van der Waals surface area contributed by atoms with Crippen LogP contribution in [-0.4, -0.2) is 23.2 Å². The summed E-state index contributed by atoms with van der Waals surface area (Å²) in [5.41, 5.74) is 8.75. The van der Waals surface area contributed by atoms with Crippen LogP contribution in [0.3, 0.4) is 0 Å². The Morgan fingerprint density at radius 3 is 2.53 bits per heavy atom. The molecule has 0 radical (unpaired) electrons. The summed E-state index contributed by atoms with van der Waals surface area (Å²) in [4.78, 5) is 12.0. The number of rotatable bonds is 1. The number of esters is 1. The molecule has 0 spiro atoms. The van der Waals surface area contributed by atoms with E-state index in [4.69, 9.17) is 10.5 Å². The van der Waals surface area contributed by atoms with Crippen LogP contribution in [-0.2, 0) is 9.53 Å². The van der Waals surface area contributed by atoms with Gasteiger partial charge in [0.05, 0.1) is 0 Å². The number of hydrogen-bond donors (Lipinski definition) is 2. The van der Waals surface area contributed by atoms with Crippen molar-refractivity contribution in [3.8, 4) is 0 Å². The van der Waals surface area contributed by atoms with Crippen LogP contribution >= 0.6 is 0 Å². The van der Waals surface area contributed by atoms with Gasteiger partial charge in [0.2, 0.25) is 0 Å². The third-order valence-corrected chi connectivity index (χ3v) is 2.90. The van der Waals surface area contributed by atoms with Crippen molar-refractivity contribution in [3.05, 3.63) is 0 Å². The molecule has 15 heavy (non-hydrogen) atoms. The standard InChI is InChI=1S/C11H22N2O2/c1-10(2,3)15-9(14)11(13)7-5-4-6-8(11)12/h8H,4-7,12-13H2,1-3H3/p+1/t8-,11-/m0/s1. The van der Waals surface area contributed by atoms with Gasteiger partial charge in [0.1, 0.15) is 11.6 Å². The lowest BCUT2D eigenvalue weighted by Gasteiger charge is -2.36. The SMILES string of the molecule is CC(C)(C)OC(=O)[C@]1(N)CCCC[C@@H]1[NH3+]. The van der Waals surface area contributed by atoms with Crippen molar-refractivity contribution in [2.45, 2.75) is 63.6 Å². The molecule has 1 aliphatic rings. The number of hydrogen-bond acceptors (Lipinski definition) is 3. The van der Waals surface area contributed by atoms with Gasteiger partial charge in [0.15, 0.2) is 5.54 Å². The zero-order valence-electron chi connectivity index (χ0n) is 10.0. The monoisotopic (exact) mass is 215 g/mol. The molecule has 88 valence electrons. The second-order valence-electron chi connectivity index (χ2n) is 5.48. The van der Waals surface area contributed by atoms with Crippen molar-refractivity contribution in [2.24, 2.45) is 5.73 Å². The number of nitrogens with two attached hydrogens (primary N) is 1. The Morgan fingerprint density at radius 2 is 2.07 bits per heavy atom. The molecular weight excluding hydrogens is 192 g/mol. The van der Waals surface area contributed by atoms with Crippen LogP contribution in [0.2, 0.25) is 0 Å². The Labute approximate surface area is 91.3 Å². The Balaban J connectivity index is 2.71. The van der Waals surface area contributed by atoms with E-state index in [1.165, 1.54) is 0 Å². The first-order chi connectivity index (χ1) is 6.76. The number of ether oxygens (including phenoxy) is 1. The van der Waals surface area contributed by atoms with Crippen LogP contribution in [0.1, 0.15) is 46.5 Å². The van der Waals surface area contributed by atoms with Gasteiger partial charge in [-0.3, -0.25) is 0 Å². The van der Waals surface area contributed by atoms with Crippen LogP contribution in [0.5, 0.6) is 0 Å². The molecule has 0 aromatic rings. The van der Waals surface area contributed by atoms with Crippen molar-refractivity contribution in [3.63, 3.8) is 0 Å². The maximum absolute atomic E-state index is 12.0. The van der Waals surface area contributed by atoms with Gasteiger partial charge >= 0.3 is 5.97 Å². The first kappa shape index (κ1) is 12.5. The number of carbonyl (C=O) groups is 1. The Kier molecular flexibility index (Phi) is 3.41. The highest BCUT2D eigenvalue weighted by molar-refractivity contribution is 5.81. The molecule has 0 heterocycles. The molecule has 0 amide bonds. The minimum atomic E-state index is -0.870. The molecule has 1 saturated carbocycles. The topological polar surface area (TPSA) is 80.0 Å². The predicted molar refractivity (Wildman–Crippen MR) is 57.9 cm³/mol. The van der Waals surface area contributed by atoms with Crippen molar-refractivity contribution >= 4 is 5.97 Å². The van der Waals surface area contributed by atoms with Gasteiger partial charge in [-0.1, -0.05) is 6.42 Å². The third-order valence-electron chi connectivity index (χ3n) is 2.90. The van der Waals surface area contributed by atoms with Crippen molar-refractivity contribution in [1.29, 1.82) is 0 Å². The summed E-state index contributed by atoms with van der Waals surface area (Å²) in [7, 11) is 0. The average molecular weight is 215 g/mol. The molecule has 0 unspecified atom stereocenters. The van der Waals surface area contributed by atoms with Gasteiger partial charge in [-0.2, -0.15) is 0 Å². The van der Waals surface area contributed by atoms with E-state index in [1.807, 2.05) is 20.8 Å². The summed E-state index contributed by atoms with van der Waals surface area (Å²) in [6.45, 7) is 5.57. The highest BCUT2D eigenvalue weighted by atomic mass is 16.6. The zero-order chi connectivity index (χ0) is 11.7. The molecule has 2 atom stereocenters. The van der Waals surface area contributed by atoms with Crippen LogP contribution in [0.15, 0.2) is 0 Å². The van der Waals surface area contributed by atoms with E-state index < -0.39 is 11.1 Å². The van der Waals surface area contributed by atoms with Crippen molar-refractivity contribution in [2.75, 3.05) is 0 Å². The summed E-state index contributed by atoms with van der Waals surface area (Å²) in [5.74, 6) is -0.297. The zero-order valence-corrected chi connectivity index (χ0v) is 10.0. The van der Waals surface area contributed by atoms with Crippen LogP contribution in [0.4, 0.5) is 0 Å². The maximum Gasteiger partial charge on any atom is 0.332 e. The van der Waals surface area contributed by atoms with Crippen LogP contribution < -0.4 is 11.5 Å². The fourth-order valence-corrected chi connectivity index (χ4v) is 1.91. The largest absolute Gasteiger partial charge is 0.458 e. The summed E-state index contributed by atoms with van der Waals surface area (Å²) < 4.78 is 5.35. The minimum absolute atomic E-state index is 0.0268. The van der Waals surface area contributed by atoms with E-state index in [1.54, 1.807) is 0 Å². The number of carbonyl (C=O) groups excluding carboxylic acids is 1. The van der Waals surface area contributed by atoms with E-state index in [0.29, 0.717) is 6.42 Å². The fraction of sp³-hybridized carbons (Fsp3) is 0.909. The molecule has 0 saturated heterocycles. The van der Waals surface area contributed by atoms with Crippen LogP contribution in [0.25, 0.3) is 0 Å². The summed E-state index contributed by atoms with van der Waals surface area (Å²) >= 11 is 0. The Bertz CT molecular complexity index is 247. The van der Waals surface area contributed by atoms with Gasteiger partial charge in [-0.05, 0) is 33.6 Å². The lowest BCUT2D eigenvalue weighted by molar-refractivity contribution is -0.437. The van der Waals surface area contributed by atoms with Gasteiger partial charge in [0, 0.05) is 6.42 Å². The molecule has 5 N–H and O–H groups in total. The molecule has 4 nitrogen and oxygen atoms in total. The van der Waals surface area contributed by atoms with Gasteiger partial charge in [-0.15, -0.1) is 0 Å². The molecule has 1 rings (SSSR count). The van der Waals surface area contributed by atoms with Gasteiger partial charge in [0.25, 0.3) is 0 Å². The molecule has 4 heteroatoms. The third kappa shape index (κ3) is 2.92. The minimum Gasteiger partial charge on any atom is -0.458 e. The van der Waals surface area contributed by atoms with Crippen molar-refractivity contribution < 1.29 is 15.3 Å². The second-order valence-corrected chi connectivity index (χ2v) is 5.48. The predicted octanol–water partition coefficient (Wildman–Crippen LogP) is 0.210. The van der Waals surface area contributed by atoms with E-state index in [-0.39, 0.29) is 12.0 Å². The van der Waals surface area contributed by atoms with Gasteiger partial charge in [-0.25, -0.2) is 4.79 Å². The van der Waals surface area contributed by atoms with E-state index in [0.717, 1.165) is 19.3 Å². The first-order valence-electron chi connectivity index (χ1n) is 5.61. The quantitative estimate of drug-likeness (QED) is 0.614. The molecule has 1 fully saturated rings. The lowest BCUT2D eigenvalue weighted by atomic mass is 9.78. The maximum atomic E-state index is 12.0. The molecular formula is C11H23N2O2+. The average Bonchev–Trinajstić information content (AvgIpc) is 2.07. The molecule has 0 aromatic carbocycles. The van der Waals surface area contributed by atoms with Crippen molar-refractivity contribution in [1.82, 2.24) is 0 Å². The fourth-order valence-electron chi connectivity index (χ4n) is 1.91. The molecule has 0 aromatic heterocycles.